The van der Waals surface area contributed by atoms with Crippen LogP contribution in [-0.4, -0.2) is 12.4 Å². The smallest absolute Gasteiger partial charge is 0.125 e. The highest BCUT2D eigenvalue weighted by Crippen LogP contribution is 2.63. The number of aliphatic imine (C=N–C) groups is 1. The molecule has 1 spiro atoms. The molecule has 0 fully saturated rings. The molecule has 0 aromatic heterocycles. The lowest BCUT2D eigenvalue weighted by Gasteiger charge is -2.31. The second-order valence-electron chi connectivity index (χ2n) is 18.3. The summed E-state index contributed by atoms with van der Waals surface area (Å²) in [7, 11) is 0. The first-order valence-corrected chi connectivity index (χ1v) is 25.7. The van der Waals surface area contributed by atoms with Gasteiger partial charge in [0, 0.05) is 12.1 Å². The molecule has 8 aromatic rings. The van der Waals surface area contributed by atoms with Crippen LogP contribution in [0.15, 0.2) is 224 Å². The summed E-state index contributed by atoms with van der Waals surface area (Å²) in [6, 6.07) is 68.2. The number of allylic oxidation sites excluding steroid dienone is 5. The van der Waals surface area contributed by atoms with Crippen LogP contribution in [0, 0.1) is 13.8 Å². The van der Waals surface area contributed by atoms with Crippen molar-refractivity contribution in [2.24, 2.45) is 10.7 Å². The Morgan fingerprint density at radius 1 is 0.577 bits per heavy atom. The van der Waals surface area contributed by atoms with E-state index in [1.807, 2.05) is 63.3 Å². The van der Waals surface area contributed by atoms with Crippen molar-refractivity contribution in [3.63, 3.8) is 0 Å². The molecule has 0 aliphatic heterocycles. The lowest BCUT2D eigenvalue weighted by Crippen LogP contribution is -2.25. The summed E-state index contributed by atoms with van der Waals surface area (Å²) in [5.74, 6) is 1.11. The summed E-state index contributed by atoms with van der Waals surface area (Å²) in [4.78, 5) is 4.51. The maximum Gasteiger partial charge on any atom is 0.125 e. The van der Waals surface area contributed by atoms with Crippen LogP contribution in [0.1, 0.15) is 115 Å². The van der Waals surface area contributed by atoms with Crippen molar-refractivity contribution in [1.29, 1.82) is 0 Å². The summed E-state index contributed by atoms with van der Waals surface area (Å²) in [5.41, 5.74) is 29.6. The molecule has 2 aliphatic carbocycles. The molecule has 0 amide bonds. The highest BCUT2D eigenvalue weighted by atomic mass is 14.8. The maximum atomic E-state index is 6.13. The first-order chi connectivity index (χ1) is 34.7. The molecule has 2 nitrogen and oxygen atoms in total. The van der Waals surface area contributed by atoms with Crippen molar-refractivity contribution in [3.05, 3.63) is 280 Å². The fraction of sp³-hybridized carbons (Fsp3) is 0.203. The van der Waals surface area contributed by atoms with Crippen molar-refractivity contribution in [2.75, 3.05) is 6.54 Å². The highest BCUT2D eigenvalue weighted by Gasteiger charge is 2.51. The Kier molecular flexibility index (Phi) is 17.6. The molecule has 0 radical (unpaired) electrons. The lowest BCUT2D eigenvalue weighted by molar-refractivity contribution is 0.735. The maximum absolute atomic E-state index is 6.13. The molecule has 2 aliphatic rings. The van der Waals surface area contributed by atoms with E-state index >= 15 is 0 Å². The van der Waals surface area contributed by atoms with Gasteiger partial charge in [0.15, 0.2) is 0 Å². The topological polar surface area (TPSA) is 38.4 Å². The molecule has 0 saturated carbocycles. The van der Waals surface area contributed by atoms with Crippen molar-refractivity contribution in [2.45, 2.75) is 86.0 Å². The third-order valence-electron chi connectivity index (χ3n) is 14.0. The van der Waals surface area contributed by atoms with Crippen LogP contribution in [0.2, 0.25) is 0 Å². The summed E-state index contributed by atoms with van der Waals surface area (Å²) in [5, 5.41) is 0. The molecular formula is C69H72N2. The van der Waals surface area contributed by atoms with Gasteiger partial charge in [0.1, 0.15) is 5.84 Å². The monoisotopic (exact) mass is 929 g/mol. The molecule has 10 rings (SSSR count). The van der Waals surface area contributed by atoms with Gasteiger partial charge in [-0.1, -0.05) is 253 Å². The van der Waals surface area contributed by atoms with E-state index in [1.165, 1.54) is 83.5 Å². The number of nitrogens with zero attached hydrogens (tertiary/aromatic N) is 1. The SMILES string of the molecule is C=C/C(=C\C=C/C)c1ccc(C(N)=NCCc2cccc(C)c2)cc1.CC.CCC(C)c1ccccc1-c1cc2c(cc1C)C1(c3ccccc3-c3ccccc31)c1ccccc1-2.CCc1ccccc1. The van der Waals surface area contributed by atoms with Gasteiger partial charge in [-0.2, -0.15) is 0 Å². The summed E-state index contributed by atoms with van der Waals surface area (Å²) >= 11 is 0. The second kappa shape index (κ2) is 24.3. The van der Waals surface area contributed by atoms with Gasteiger partial charge in [0.2, 0.25) is 0 Å². The quantitative estimate of drug-likeness (QED) is 0.0783. The van der Waals surface area contributed by atoms with Crippen LogP contribution in [-0.2, 0) is 18.3 Å². The average molecular weight is 929 g/mol. The van der Waals surface area contributed by atoms with Gasteiger partial charge in [0.05, 0.1) is 5.41 Å². The molecule has 358 valence electrons. The number of rotatable bonds is 11. The van der Waals surface area contributed by atoms with Gasteiger partial charge in [-0.3, -0.25) is 4.99 Å². The molecule has 2 heteroatoms. The Bertz CT molecular complexity index is 3100. The number of benzene rings is 8. The summed E-state index contributed by atoms with van der Waals surface area (Å²) in [6.07, 6.45) is 11.1. The van der Waals surface area contributed by atoms with Gasteiger partial charge < -0.3 is 5.73 Å². The van der Waals surface area contributed by atoms with E-state index in [2.05, 4.69) is 216 Å². The second-order valence-corrected chi connectivity index (χ2v) is 18.3. The van der Waals surface area contributed by atoms with Gasteiger partial charge in [-0.15, -0.1) is 0 Å². The van der Waals surface area contributed by atoms with Crippen LogP contribution in [0.3, 0.4) is 0 Å². The Morgan fingerprint density at radius 3 is 1.66 bits per heavy atom. The minimum absolute atomic E-state index is 0.265. The van der Waals surface area contributed by atoms with Crippen molar-refractivity contribution in [3.8, 4) is 33.4 Å². The fourth-order valence-electron chi connectivity index (χ4n) is 10.2. The van der Waals surface area contributed by atoms with Gasteiger partial charge in [-0.05, 0) is 141 Å². The first kappa shape index (κ1) is 51.3. The summed E-state index contributed by atoms with van der Waals surface area (Å²) < 4.78 is 0. The van der Waals surface area contributed by atoms with Crippen LogP contribution >= 0.6 is 0 Å². The summed E-state index contributed by atoms with van der Waals surface area (Å²) in [6.45, 7) is 21.7. The Labute approximate surface area is 426 Å². The predicted octanol–water partition coefficient (Wildman–Crippen LogP) is 17.9. The van der Waals surface area contributed by atoms with Gasteiger partial charge in [0.25, 0.3) is 0 Å². The highest BCUT2D eigenvalue weighted by molar-refractivity contribution is 5.98. The minimum atomic E-state index is -0.265. The Balaban J connectivity index is 0.000000184. The number of nitrogens with two attached hydrogens (primary N) is 1. The molecule has 8 aromatic carbocycles. The minimum Gasteiger partial charge on any atom is -0.384 e. The van der Waals surface area contributed by atoms with E-state index in [1.54, 1.807) is 0 Å². The van der Waals surface area contributed by atoms with Crippen LogP contribution in [0.5, 0.6) is 0 Å². The van der Waals surface area contributed by atoms with E-state index in [-0.39, 0.29) is 5.41 Å². The van der Waals surface area contributed by atoms with Crippen LogP contribution in [0.25, 0.3) is 39.0 Å². The molecule has 1 atom stereocenters. The third kappa shape index (κ3) is 10.9. The molecular weight excluding hydrogens is 857 g/mol. The Hall–Kier alpha value is -7.55. The largest absolute Gasteiger partial charge is 0.384 e. The number of fused-ring (bicyclic) bond motifs is 10. The zero-order chi connectivity index (χ0) is 50.3. The van der Waals surface area contributed by atoms with Crippen molar-refractivity contribution in [1.82, 2.24) is 0 Å². The third-order valence-corrected chi connectivity index (χ3v) is 14.0. The standard InChI is InChI=1S/C36H30.C23H26N2.C8H10.C2H6/c1-4-23(2)25-13-5-6-14-26(25)30-22-31-29-17-9-12-20-34(29)36(35(31)21-24(30)3)32-18-10-7-15-27(32)28-16-8-11-19-33(28)36;1-4-6-10-20(5-2)21-11-13-22(14-12-21)23(24)25-16-15-19-9-7-8-18(3)17-19;1-2-8-6-4-3-5-7-8;1-2/h5-23H,4H2,1-3H3;4-14,17H,2,15-16H2,1,3H3,(H2,24,25);3-7H,2H2,1H3;1-2H3/b;6-4-,20-10+;;. The number of hydrogen-bond acceptors (Lipinski definition) is 1. The van der Waals surface area contributed by atoms with Crippen LogP contribution in [0.4, 0.5) is 0 Å². The van der Waals surface area contributed by atoms with Crippen LogP contribution < -0.4 is 5.73 Å². The number of amidine groups is 1. The predicted molar refractivity (Wildman–Crippen MR) is 309 cm³/mol. The van der Waals surface area contributed by atoms with E-state index in [9.17, 15) is 0 Å². The average Bonchev–Trinajstić information content (AvgIpc) is 3.88. The van der Waals surface area contributed by atoms with Gasteiger partial charge >= 0.3 is 0 Å². The van der Waals surface area contributed by atoms with E-state index in [4.69, 9.17) is 5.73 Å². The first-order valence-electron chi connectivity index (χ1n) is 25.7. The molecule has 71 heavy (non-hydrogen) atoms. The Morgan fingerprint density at radius 2 is 1.11 bits per heavy atom. The zero-order valence-corrected chi connectivity index (χ0v) is 43.3. The van der Waals surface area contributed by atoms with E-state index in [0.29, 0.717) is 18.3 Å². The van der Waals surface area contributed by atoms with Gasteiger partial charge in [-0.25, -0.2) is 0 Å². The fourth-order valence-corrected chi connectivity index (χ4v) is 10.2. The van der Waals surface area contributed by atoms with E-state index < -0.39 is 0 Å². The number of aryl methyl sites for hydroxylation is 3. The molecule has 1 unspecified atom stereocenters. The van der Waals surface area contributed by atoms with E-state index in [0.717, 1.165) is 36.0 Å². The number of hydrogen-bond donors (Lipinski definition) is 1. The lowest BCUT2D eigenvalue weighted by atomic mass is 9.70. The van der Waals surface area contributed by atoms with Crippen molar-refractivity contribution < 1.29 is 0 Å². The van der Waals surface area contributed by atoms with Crippen molar-refractivity contribution >= 4 is 11.4 Å². The zero-order valence-electron chi connectivity index (χ0n) is 43.3. The molecule has 2 N–H and O–H groups in total. The molecule has 0 bridgehead atoms. The molecule has 0 heterocycles. The molecule has 0 saturated heterocycles. The normalized spacial score (nSPS) is 13.0.